The monoisotopic (exact) mass is 580 g/mol. The minimum atomic E-state index is -3.40. The van der Waals surface area contributed by atoms with E-state index in [9.17, 15) is 19.8 Å². The van der Waals surface area contributed by atoms with Gasteiger partial charge in [0.25, 0.3) is 0 Å². The van der Waals surface area contributed by atoms with E-state index in [1.54, 1.807) is 24.3 Å². The highest BCUT2D eigenvalue weighted by molar-refractivity contribution is 9.10. The van der Waals surface area contributed by atoms with E-state index < -0.39 is 20.0 Å². The molecule has 4 nitrogen and oxygen atoms in total. The summed E-state index contributed by atoms with van der Waals surface area (Å²) in [4.78, 5) is 24.9. The second kappa shape index (κ2) is 9.47. The van der Waals surface area contributed by atoms with E-state index in [-0.39, 0.29) is 11.1 Å². The summed E-state index contributed by atoms with van der Waals surface area (Å²) >= 11 is 7.04. The van der Waals surface area contributed by atoms with Crippen molar-refractivity contribution >= 4 is 72.6 Å². The van der Waals surface area contributed by atoms with Gasteiger partial charge in [-0.2, -0.15) is 0 Å². The summed E-state index contributed by atoms with van der Waals surface area (Å²) in [5.74, 6) is -2.12. The average molecular weight is 582 g/mol. The molecule has 2 N–H and O–H groups in total. The summed E-state index contributed by atoms with van der Waals surface area (Å²) in [7, 11) is -3.40. The fourth-order valence-electron chi connectivity index (χ4n) is 4.34. The quantitative estimate of drug-likeness (QED) is 0.267. The third kappa shape index (κ3) is 4.19. The van der Waals surface area contributed by atoms with Crippen LogP contribution in [0.25, 0.3) is 0 Å². The lowest BCUT2D eigenvalue weighted by Gasteiger charge is -2.36. The zero-order chi connectivity index (χ0) is 23.6. The van der Waals surface area contributed by atoms with Gasteiger partial charge in [0.05, 0.1) is 11.1 Å². The highest BCUT2D eigenvalue weighted by Crippen LogP contribution is 2.20. The molecule has 4 aromatic rings. The lowest BCUT2D eigenvalue weighted by Crippen LogP contribution is -2.76. The van der Waals surface area contributed by atoms with Crippen LogP contribution in [-0.4, -0.2) is 30.2 Å². The second-order valence-corrected chi connectivity index (χ2v) is 13.0. The van der Waals surface area contributed by atoms with E-state index in [2.05, 4.69) is 31.9 Å². The van der Waals surface area contributed by atoms with Crippen molar-refractivity contribution in [2.45, 2.75) is 0 Å². The molecule has 0 aliphatic rings. The molecule has 33 heavy (non-hydrogen) atoms. The van der Waals surface area contributed by atoms with Gasteiger partial charge in [0, 0.05) is 8.95 Å². The van der Waals surface area contributed by atoms with Crippen molar-refractivity contribution in [3.8, 4) is 0 Å². The Morgan fingerprint density at radius 1 is 0.576 bits per heavy atom. The highest BCUT2D eigenvalue weighted by Gasteiger charge is 2.46. The Hall–Kier alpha value is -3.00. The van der Waals surface area contributed by atoms with Crippen LogP contribution in [0.3, 0.4) is 0 Å². The SMILES string of the molecule is O=C(O)c1ccc(Br)cc1[Si](c1ccccc1)(c1ccccc1)c1cc(Br)ccc1C(=O)O. The number of benzene rings is 4. The first-order valence-electron chi connectivity index (χ1n) is 10.0. The van der Waals surface area contributed by atoms with Gasteiger partial charge in [0.1, 0.15) is 0 Å². The van der Waals surface area contributed by atoms with Crippen molar-refractivity contribution in [3.05, 3.63) is 117 Å². The maximum Gasteiger partial charge on any atom is 0.335 e. The summed E-state index contributed by atoms with van der Waals surface area (Å²) in [6, 6.07) is 29.4. The number of hydrogen-bond acceptors (Lipinski definition) is 2. The average Bonchev–Trinajstić information content (AvgIpc) is 2.81. The van der Waals surface area contributed by atoms with E-state index in [1.807, 2.05) is 72.8 Å². The number of rotatable bonds is 6. The Bertz CT molecular complexity index is 1240. The number of halogens is 2. The molecule has 4 rings (SSSR count). The van der Waals surface area contributed by atoms with Crippen molar-refractivity contribution in [2.75, 3.05) is 0 Å². The van der Waals surface area contributed by atoms with Gasteiger partial charge in [-0.1, -0.05) is 92.5 Å². The first-order chi connectivity index (χ1) is 15.9. The van der Waals surface area contributed by atoms with E-state index >= 15 is 0 Å². The zero-order valence-electron chi connectivity index (χ0n) is 17.2. The summed E-state index contributed by atoms with van der Waals surface area (Å²) in [6.07, 6.45) is 0. The fraction of sp³-hybridized carbons (Fsp3) is 0. The molecular weight excluding hydrogens is 564 g/mol. The molecule has 0 unspecified atom stereocenters. The molecule has 0 spiro atoms. The van der Waals surface area contributed by atoms with Gasteiger partial charge in [0.15, 0.2) is 8.07 Å². The molecule has 164 valence electrons. The first kappa shape index (κ1) is 23.2. The van der Waals surface area contributed by atoms with E-state index in [0.29, 0.717) is 10.4 Å². The van der Waals surface area contributed by atoms with Gasteiger partial charge in [-0.15, -0.1) is 0 Å². The van der Waals surface area contributed by atoms with Gasteiger partial charge in [-0.3, -0.25) is 0 Å². The molecule has 7 heteroatoms. The largest absolute Gasteiger partial charge is 0.478 e. The Labute approximate surface area is 208 Å². The maximum absolute atomic E-state index is 12.4. The molecule has 0 aromatic heterocycles. The second-order valence-electron chi connectivity index (χ2n) is 7.47. The molecule has 0 radical (unpaired) electrons. The molecule has 0 saturated heterocycles. The molecule has 0 fully saturated rings. The normalized spacial score (nSPS) is 11.2. The maximum atomic E-state index is 12.4. The van der Waals surface area contributed by atoms with Crippen LogP contribution in [0.1, 0.15) is 20.7 Å². The highest BCUT2D eigenvalue weighted by atomic mass is 79.9. The zero-order valence-corrected chi connectivity index (χ0v) is 21.4. The smallest absolute Gasteiger partial charge is 0.335 e. The Balaban J connectivity index is 2.31. The van der Waals surface area contributed by atoms with Gasteiger partial charge < -0.3 is 10.2 Å². The summed E-state index contributed by atoms with van der Waals surface area (Å²) < 4.78 is 1.44. The van der Waals surface area contributed by atoms with Crippen LogP contribution in [0.2, 0.25) is 0 Å². The lowest BCUT2D eigenvalue weighted by molar-refractivity contribution is 0.0688. The fourth-order valence-corrected chi connectivity index (χ4v) is 10.7. The minimum Gasteiger partial charge on any atom is -0.478 e. The molecule has 4 aromatic carbocycles. The van der Waals surface area contributed by atoms with Gasteiger partial charge >= 0.3 is 11.9 Å². The summed E-state index contributed by atoms with van der Waals surface area (Å²) in [5.41, 5.74) is 0.294. The van der Waals surface area contributed by atoms with Crippen LogP contribution in [0.15, 0.2) is 106 Å². The number of carboxylic acid groups (broad SMARTS) is 2. The third-order valence-corrected chi connectivity index (χ3v) is 11.5. The molecule has 0 bridgehead atoms. The Morgan fingerprint density at radius 3 is 1.27 bits per heavy atom. The number of carbonyl (C=O) groups is 2. The van der Waals surface area contributed by atoms with Gasteiger partial charge in [-0.25, -0.2) is 9.59 Å². The predicted octanol–water partition coefficient (Wildman–Crippen LogP) is 3.99. The van der Waals surface area contributed by atoms with Crippen LogP contribution in [0.4, 0.5) is 0 Å². The van der Waals surface area contributed by atoms with Crippen molar-refractivity contribution in [3.63, 3.8) is 0 Å². The predicted molar refractivity (Wildman–Crippen MR) is 139 cm³/mol. The first-order valence-corrected chi connectivity index (χ1v) is 13.6. The standard InChI is InChI=1S/C26H18Br2O4Si/c27-17-11-13-21(25(29)30)23(15-17)33(19-7-3-1-4-8-19,20-9-5-2-6-10-20)24-16-18(28)12-14-22(24)26(31)32/h1-16H,(H,29,30)(H,31,32). The third-order valence-electron chi connectivity index (χ3n) is 5.65. The molecule has 0 amide bonds. The van der Waals surface area contributed by atoms with Crippen LogP contribution < -0.4 is 20.7 Å². The van der Waals surface area contributed by atoms with Crippen LogP contribution in [0, 0.1) is 0 Å². The van der Waals surface area contributed by atoms with Crippen molar-refractivity contribution in [2.24, 2.45) is 0 Å². The summed E-state index contributed by atoms with van der Waals surface area (Å²) in [6.45, 7) is 0. The topological polar surface area (TPSA) is 74.6 Å². The number of carboxylic acids is 2. The van der Waals surface area contributed by atoms with Crippen molar-refractivity contribution in [1.29, 1.82) is 0 Å². The Morgan fingerprint density at radius 2 is 0.939 bits per heavy atom. The number of aromatic carboxylic acids is 2. The molecular formula is C26H18Br2O4Si. The summed E-state index contributed by atoms with van der Waals surface area (Å²) in [5, 5.41) is 23.3. The van der Waals surface area contributed by atoms with E-state index in [0.717, 1.165) is 19.3 Å². The van der Waals surface area contributed by atoms with Crippen molar-refractivity contribution in [1.82, 2.24) is 0 Å². The van der Waals surface area contributed by atoms with E-state index in [4.69, 9.17) is 0 Å². The molecule has 0 heterocycles. The van der Waals surface area contributed by atoms with E-state index in [1.165, 1.54) is 0 Å². The molecule has 0 saturated carbocycles. The van der Waals surface area contributed by atoms with Gasteiger partial charge in [-0.05, 0) is 57.1 Å². The molecule has 0 atom stereocenters. The van der Waals surface area contributed by atoms with Gasteiger partial charge in [0.2, 0.25) is 0 Å². The lowest BCUT2D eigenvalue weighted by atomic mass is 10.2. The molecule has 0 aliphatic heterocycles. The molecule has 0 aliphatic carbocycles. The van der Waals surface area contributed by atoms with Crippen molar-refractivity contribution < 1.29 is 19.8 Å². The van der Waals surface area contributed by atoms with Crippen LogP contribution in [-0.2, 0) is 0 Å². The van der Waals surface area contributed by atoms with Crippen LogP contribution in [0.5, 0.6) is 0 Å². The minimum absolute atomic E-state index is 0.147. The van der Waals surface area contributed by atoms with Crippen LogP contribution >= 0.6 is 31.9 Å². The Kier molecular flexibility index (Phi) is 6.65. The number of hydrogen-bond donors (Lipinski definition) is 2.